The van der Waals surface area contributed by atoms with E-state index in [4.69, 9.17) is 4.74 Å². The largest absolute Gasteiger partial charge is 0.379 e. The standard InChI is InChI=1S/C11H13F2NO4S2/c1-8-6-11(10(13)7-9(8)12)20(16,17)14-19(15)4-2-18-3-5-19/h6-7H,2-5H2,1H3. The number of nitrogens with zero attached hydrogens (tertiary/aromatic N) is 1. The highest BCUT2D eigenvalue weighted by Crippen LogP contribution is 2.22. The average molecular weight is 325 g/mol. The van der Waals surface area contributed by atoms with E-state index in [1.54, 1.807) is 0 Å². The molecule has 0 radical (unpaired) electrons. The van der Waals surface area contributed by atoms with Gasteiger partial charge < -0.3 is 4.74 Å². The van der Waals surface area contributed by atoms with E-state index in [-0.39, 0.29) is 30.3 Å². The van der Waals surface area contributed by atoms with Crippen molar-refractivity contribution >= 4 is 19.8 Å². The van der Waals surface area contributed by atoms with Gasteiger partial charge in [0.05, 0.1) is 34.4 Å². The Morgan fingerprint density at radius 1 is 1.20 bits per heavy atom. The Labute approximate surface area is 116 Å². The SMILES string of the molecule is Cc1cc(S(=O)(=O)N=S2(=O)CCOCC2)c(F)cc1F. The van der Waals surface area contributed by atoms with E-state index < -0.39 is 36.3 Å². The monoisotopic (exact) mass is 325 g/mol. The number of ether oxygens (including phenoxy) is 1. The van der Waals surface area contributed by atoms with Crippen molar-refractivity contribution in [2.24, 2.45) is 3.77 Å². The lowest BCUT2D eigenvalue weighted by Gasteiger charge is -2.15. The topological polar surface area (TPSA) is 72.8 Å². The first-order valence-electron chi connectivity index (χ1n) is 5.76. The summed E-state index contributed by atoms with van der Waals surface area (Å²) in [6.45, 7) is 1.59. The van der Waals surface area contributed by atoms with Gasteiger partial charge in [-0.3, -0.25) is 0 Å². The third kappa shape index (κ3) is 3.15. The molecule has 1 aromatic rings. The van der Waals surface area contributed by atoms with Gasteiger partial charge in [-0.25, -0.2) is 13.0 Å². The quantitative estimate of drug-likeness (QED) is 0.825. The summed E-state index contributed by atoms with van der Waals surface area (Å²) in [4.78, 5) is -0.759. The zero-order valence-corrected chi connectivity index (χ0v) is 12.3. The maximum absolute atomic E-state index is 13.6. The highest BCUT2D eigenvalue weighted by molar-refractivity contribution is 8.03. The molecule has 1 fully saturated rings. The maximum Gasteiger partial charge on any atom is 0.292 e. The summed E-state index contributed by atoms with van der Waals surface area (Å²) in [6, 6.07) is 1.33. The summed E-state index contributed by atoms with van der Waals surface area (Å²) in [5, 5.41) is 0. The van der Waals surface area contributed by atoms with Crippen LogP contribution >= 0.6 is 0 Å². The lowest BCUT2D eigenvalue weighted by Crippen LogP contribution is -2.26. The molecule has 1 aromatic carbocycles. The number of benzene rings is 1. The van der Waals surface area contributed by atoms with Crippen molar-refractivity contribution in [1.29, 1.82) is 0 Å². The van der Waals surface area contributed by atoms with E-state index in [1.807, 2.05) is 0 Å². The van der Waals surface area contributed by atoms with Gasteiger partial charge in [-0.05, 0) is 18.6 Å². The molecule has 0 saturated carbocycles. The molecular formula is C11H13F2NO4S2. The minimum absolute atomic E-state index is 0.0198. The third-order valence-corrected chi connectivity index (χ3v) is 7.17. The van der Waals surface area contributed by atoms with Crippen molar-refractivity contribution in [3.63, 3.8) is 0 Å². The number of hydrogen-bond donors (Lipinski definition) is 0. The molecule has 20 heavy (non-hydrogen) atoms. The van der Waals surface area contributed by atoms with Gasteiger partial charge >= 0.3 is 0 Å². The first-order valence-corrected chi connectivity index (χ1v) is 9.05. The van der Waals surface area contributed by atoms with Crippen LogP contribution in [0.25, 0.3) is 0 Å². The van der Waals surface area contributed by atoms with Gasteiger partial charge in [0.1, 0.15) is 16.5 Å². The van der Waals surface area contributed by atoms with Crippen LogP contribution in [-0.2, 0) is 24.5 Å². The zero-order valence-electron chi connectivity index (χ0n) is 10.6. The normalized spacial score (nSPS) is 18.8. The van der Waals surface area contributed by atoms with Crippen LogP contribution in [0.2, 0.25) is 0 Å². The van der Waals surface area contributed by atoms with Crippen molar-refractivity contribution in [3.05, 3.63) is 29.3 Å². The van der Waals surface area contributed by atoms with Crippen molar-refractivity contribution in [2.75, 3.05) is 24.7 Å². The van der Waals surface area contributed by atoms with Gasteiger partial charge in [0.2, 0.25) is 0 Å². The lowest BCUT2D eigenvalue weighted by molar-refractivity contribution is 0.158. The molecule has 0 aromatic heterocycles. The molecular weight excluding hydrogens is 312 g/mol. The second kappa shape index (κ2) is 5.38. The van der Waals surface area contributed by atoms with E-state index in [1.165, 1.54) is 6.92 Å². The van der Waals surface area contributed by atoms with Crippen LogP contribution in [0.1, 0.15) is 5.56 Å². The van der Waals surface area contributed by atoms with Gasteiger partial charge in [0, 0.05) is 6.07 Å². The predicted octanol–water partition coefficient (Wildman–Crippen LogP) is 1.46. The first-order chi connectivity index (χ1) is 9.23. The molecule has 2 rings (SSSR count). The second-order valence-electron chi connectivity index (χ2n) is 4.37. The van der Waals surface area contributed by atoms with Gasteiger partial charge in [-0.15, -0.1) is 3.77 Å². The van der Waals surface area contributed by atoms with E-state index in [9.17, 15) is 21.4 Å². The summed E-state index contributed by atoms with van der Waals surface area (Å²) < 4.78 is 71.4. The van der Waals surface area contributed by atoms with Gasteiger partial charge in [0.25, 0.3) is 10.0 Å². The molecule has 1 aliphatic rings. The van der Waals surface area contributed by atoms with Crippen molar-refractivity contribution in [1.82, 2.24) is 0 Å². The van der Waals surface area contributed by atoms with E-state index in [0.717, 1.165) is 6.07 Å². The van der Waals surface area contributed by atoms with Crippen LogP contribution in [0.15, 0.2) is 20.8 Å². The lowest BCUT2D eigenvalue weighted by atomic mass is 10.2. The number of halogens is 2. The van der Waals surface area contributed by atoms with Gasteiger partial charge in [0.15, 0.2) is 0 Å². The summed E-state index contributed by atoms with van der Waals surface area (Å²) in [6.07, 6.45) is 0. The summed E-state index contributed by atoms with van der Waals surface area (Å²) >= 11 is 0. The Bertz CT molecular complexity index is 740. The molecule has 1 saturated heterocycles. The number of sulfonamides is 1. The average Bonchev–Trinajstić information content (AvgIpc) is 2.33. The Morgan fingerprint density at radius 3 is 2.40 bits per heavy atom. The molecule has 0 atom stereocenters. The molecule has 0 unspecified atom stereocenters. The molecule has 0 spiro atoms. The molecule has 0 N–H and O–H groups in total. The van der Waals surface area contributed by atoms with Gasteiger partial charge in [-0.2, -0.15) is 8.42 Å². The molecule has 9 heteroatoms. The molecule has 112 valence electrons. The minimum Gasteiger partial charge on any atom is -0.379 e. The Morgan fingerprint density at radius 2 is 1.80 bits per heavy atom. The summed E-state index contributed by atoms with van der Waals surface area (Å²) in [5.74, 6) is -2.13. The van der Waals surface area contributed by atoms with Crippen molar-refractivity contribution in [2.45, 2.75) is 11.8 Å². The number of rotatable bonds is 2. The van der Waals surface area contributed by atoms with E-state index >= 15 is 0 Å². The molecule has 5 nitrogen and oxygen atoms in total. The van der Waals surface area contributed by atoms with Crippen molar-refractivity contribution < 1.29 is 26.1 Å². The molecule has 0 amide bonds. The van der Waals surface area contributed by atoms with Crippen LogP contribution in [-0.4, -0.2) is 37.3 Å². The fourth-order valence-electron chi connectivity index (χ4n) is 1.70. The van der Waals surface area contributed by atoms with Crippen LogP contribution < -0.4 is 0 Å². The highest BCUT2D eigenvalue weighted by atomic mass is 32.3. The Balaban J connectivity index is 2.54. The van der Waals surface area contributed by atoms with Crippen LogP contribution in [0, 0.1) is 18.6 Å². The Hall–Kier alpha value is -1.06. The van der Waals surface area contributed by atoms with Gasteiger partial charge in [-0.1, -0.05) is 0 Å². The minimum atomic E-state index is -4.44. The number of hydrogen-bond acceptors (Lipinski definition) is 4. The van der Waals surface area contributed by atoms with Crippen LogP contribution in [0.3, 0.4) is 0 Å². The Kier molecular flexibility index (Phi) is 4.12. The van der Waals surface area contributed by atoms with E-state index in [2.05, 4.69) is 3.77 Å². The highest BCUT2D eigenvalue weighted by Gasteiger charge is 2.25. The molecule has 0 bridgehead atoms. The maximum atomic E-state index is 13.6. The fraction of sp³-hybridized carbons (Fsp3) is 0.455. The molecule has 1 aliphatic heterocycles. The summed E-state index contributed by atoms with van der Waals surface area (Å²) in [7, 11) is -7.42. The number of aryl methyl sites for hydroxylation is 1. The predicted molar refractivity (Wildman–Crippen MR) is 69.4 cm³/mol. The smallest absolute Gasteiger partial charge is 0.292 e. The zero-order chi connectivity index (χ0) is 15.0. The second-order valence-corrected chi connectivity index (χ2v) is 8.72. The molecule has 0 aliphatic carbocycles. The first kappa shape index (κ1) is 15.3. The summed E-state index contributed by atoms with van der Waals surface area (Å²) in [5.41, 5.74) is -0.0258. The van der Waals surface area contributed by atoms with Crippen LogP contribution in [0.5, 0.6) is 0 Å². The third-order valence-electron chi connectivity index (χ3n) is 2.82. The van der Waals surface area contributed by atoms with E-state index in [0.29, 0.717) is 6.07 Å². The molecule has 1 heterocycles. The fourth-order valence-corrected chi connectivity index (χ4v) is 5.64. The van der Waals surface area contributed by atoms with Crippen molar-refractivity contribution in [3.8, 4) is 0 Å². The van der Waals surface area contributed by atoms with Crippen LogP contribution in [0.4, 0.5) is 8.78 Å².